The number of nitrogens with zero attached hydrogens (tertiary/aromatic N) is 1. The Labute approximate surface area is 150 Å². The lowest BCUT2D eigenvalue weighted by molar-refractivity contribution is 0.0600. The van der Waals surface area contributed by atoms with Gasteiger partial charge in [0.05, 0.1) is 17.6 Å². The predicted octanol–water partition coefficient (Wildman–Crippen LogP) is 2.41. The van der Waals surface area contributed by atoms with Gasteiger partial charge < -0.3 is 9.64 Å². The molecule has 1 aromatic rings. The van der Waals surface area contributed by atoms with Gasteiger partial charge in [0.25, 0.3) is 0 Å². The van der Waals surface area contributed by atoms with Crippen LogP contribution in [0.5, 0.6) is 0 Å². The normalized spacial score (nSPS) is 18.9. The summed E-state index contributed by atoms with van der Waals surface area (Å²) < 4.78 is 32.0. The van der Waals surface area contributed by atoms with Gasteiger partial charge in [0, 0.05) is 12.6 Å². The van der Waals surface area contributed by atoms with Gasteiger partial charge in [-0.15, -0.1) is 0 Å². The zero-order valence-corrected chi connectivity index (χ0v) is 15.8. The smallest absolute Gasteiger partial charge is 0.337 e. The summed E-state index contributed by atoms with van der Waals surface area (Å²) in [7, 11) is -2.35. The van der Waals surface area contributed by atoms with Crippen LogP contribution in [0.2, 0.25) is 0 Å². The van der Waals surface area contributed by atoms with E-state index in [2.05, 4.69) is 21.3 Å². The predicted molar refractivity (Wildman–Crippen MR) is 97.1 cm³/mol. The maximum Gasteiger partial charge on any atom is 0.337 e. The number of sulfonamides is 1. The molecule has 1 atom stereocenters. The molecule has 1 aliphatic rings. The third-order valence-electron chi connectivity index (χ3n) is 4.70. The van der Waals surface area contributed by atoms with E-state index in [0.29, 0.717) is 12.6 Å². The summed E-state index contributed by atoms with van der Waals surface area (Å²) in [5, 5.41) is 0. The monoisotopic (exact) mass is 368 g/mol. The number of rotatable bonds is 8. The summed E-state index contributed by atoms with van der Waals surface area (Å²) >= 11 is 0. The molecule has 0 spiro atoms. The molecule has 1 heterocycles. The van der Waals surface area contributed by atoms with Gasteiger partial charge in [-0.1, -0.05) is 19.4 Å². The van der Waals surface area contributed by atoms with Gasteiger partial charge in [0.2, 0.25) is 10.0 Å². The number of hydrogen-bond donors (Lipinski definition) is 1. The summed E-state index contributed by atoms with van der Waals surface area (Å²) in [4.78, 5) is 14.1. The van der Waals surface area contributed by atoms with Crippen molar-refractivity contribution in [2.75, 3.05) is 26.7 Å². The molecule has 0 saturated carbocycles. The van der Waals surface area contributed by atoms with Crippen molar-refractivity contribution in [2.24, 2.45) is 0 Å². The van der Waals surface area contributed by atoms with Crippen LogP contribution in [0, 0.1) is 0 Å². The molecule has 1 fully saturated rings. The lowest BCUT2D eigenvalue weighted by atomic mass is 10.00. The number of benzene rings is 1. The van der Waals surface area contributed by atoms with E-state index in [1.165, 1.54) is 44.6 Å². The summed E-state index contributed by atoms with van der Waals surface area (Å²) in [6, 6.07) is 6.52. The van der Waals surface area contributed by atoms with Crippen LogP contribution in [-0.2, 0) is 14.8 Å². The first-order valence-electron chi connectivity index (χ1n) is 8.90. The minimum absolute atomic E-state index is 0.0832. The van der Waals surface area contributed by atoms with Crippen molar-refractivity contribution in [1.29, 1.82) is 0 Å². The zero-order valence-electron chi connectivity index (χ0n) is 15.0. The minimum atomic E-state index is -3.62. The van der Waals surface area contributed by atoms with E-state index in [0.717, 1.165) is 25.9 Å². The van der Waals surface area contributed by atoms with Gasteiger partial charge in [-0.25, -0.2) is 17.9 Å². The number of esters is 1. The molecule has 0 bridgehead atoms. The number of carbonyl (C=O) groups excluding carboxylic acids is 1. The third-order valence-corrected chi connectivity index (χ3v) is 6.16. The van der Waals surface area contributed by atoms with E-state index in [4.69, 9.17) is 0 Å². The van der Waals surface area contributed by atoms with Gasteiger partial charge >= 0.3 is 5.97 Å². The highest BCUT2D eigenvalue weighted by atomic mass is 32.2. The molecule has 1 N–H and O–H groups in total. The molecule has 0 unspecified atom stereocenters. The lowest BCUT2D eigenvalue weighted by Gasteiger charge is -2.35. The van der Waals surface area contributed by atoms with Crippen molar-refractivity contribution in [2.45, 2.75) is 50.0 Å². The second-order valence-corrected chi connectivity index (χ2v) is 8.13. The van der Waals surface area contributed by atoms with Crippen LogP contribution in [-0.4, -0.2) is 52.1 Å². The van der Waals surface area contributed by atoms with E-state index in [1.54, 1.807) is 6.07 Å². The Kier molecular flexibility index (Phi) is 7.40. The second kappa shape index (κ2) is 9.31. The number of carbonyl (C=O) groups is 1. The molecule has 1 saturated heterocycles. The number of piperidine rings is 1. The molecule has 0 aromatic heterocycles. The van der Waals surface area contributed by atoms with E-state index < -0.39 is 16.0 Å². The molecule has 6 nitrogen and oxygen atoms in total. The molecule has 140 valence electrons. The SMILES string of the molecule is CC[C@H]1CCCCN1CCCNS(=O)(=O)c1cccc(C(=O)OC)c1. The Morgan fingerprint density at radius 3 is 2.88 bits per heavy atom. The third kappa shape index (κ3) is 5.52. The number of likely N-dealkylation sites (tertiary alicyclic amines) is 1. The average molecular weight is 368 g/mol. The number of ether oxygens (including phenoxy) is 1. The topological polar surface area (TPSA) is 75.7 Å². The van der Waals surface area contributed by atoms with Crippen LogP contribution in [0.15, 0.2) is 29.2 Å². The largest absolute Gasteiger partial charge is 0.465 e. The fraction of sp³-hybridized carbons (Fsp3) is 0.611. The second-order valence-electron chi connectivity index (χ2n) is 6.36. The standard InChI is InChI=1S/C18H28N2O4S/c1-3-16-9-4-5-12-20(16)13-7-11-19-25(22,23)17-10-6-8-15(14-17)18(21)24-2/h6,8,10,14,16,19H,3-5,7,9,11-13H2,1-2H3/t16-/m0/s1. The van der Waals surface area contributed by atoms with E-state index >= 15 is 0 Å². The van der Waals surface area contributed by atoms with E-state index in [-0.39, 0.29) is 10.5 Å². The highest BCUT2D eigenvalue weighted by Gasteiger charge is 2.20. The van der Waals surface area contributed by atoms with Crippen molar-refractivity contribution >= 4 is 16.0 Å². The highest BCUT2D eigenvalue weighted by molar-refractivity contribution is 7.89. The van der Waals surface area contributed by atoms with Gasteiger partial charge in [-0.05, 0) is 57.0 Å². The first-order valence-corrected chi connectivity index (χ1v) is 10.4. The summed E-state index contributed by atoms with van der Waals surface area (Å²) in [6.45, 7) is 4.60. The fourth-order valence-corrected chi connectivity index (χ4v) is 4.42. The van der Waals surface area contributed by atoms with Crippen molar-refractivity contribution in [3.05, 3.63) is 29.8 Å². The fourth-order valence-electron chi connectivity index (χ4n) is 3.30. The summed E-state index contributed by atoms with van der Waals surface area (Å²) in [5.41, 5.74) is 0.226. The Morgan fingerprint density at radius 1 is 1.36 bits per heavy atom. The Balaban J connectivity index is 1.88. The molecule has 0 radical (unpaired) electrons. The van der Waals surface area contributed by atoms with Crippen LogP contribution in [0.1, 0.15) is 49.4 Å². The van der Waals surface area contributed by atoms with Gasteiger partial charge in [0.15, 0.2) is 0 Å². The maximum absolute atomic E-state index is 12.4. The molecule has 2 rings (SSSR count). The van der Waals surface area contributed by atoms with E-state index in [9.17, 15) is 13.2 Å². The van der Waals surface area contributed by atoms with Crippen LogP contribution in [0.4, 0.5) is 0 Å². The molecular weight excluding hydrogens is 340 g/mol. The Morgan fingerprint density at radius 2 is 2.16 bits per heavy atom. The maximum atomic E-state index is 12.4. The Bertz CT molecular complexity index is 675. The number of nitrogens with one attached hydrogen (secondary N) is 1. The zero-order chi connectivity index (χ0) is 18.3. The minimum Gasteiger partial charge on any atom is -0.465 e. The van der Waals surface area contributed by atoms with Crippen molar-refractivity contribution in [3.8, 4) is 0 Å². The summed E-state index contributed by atoms with van der Waals surface area (Å²) in [6.07, 6.45) is 5.67. The van der Waals surface area contributed by atoms with Gasteiger partial charge in [-0.3, -0.25) is 0 Å². The summed E-state index contributed by atoms with van der Waals surface area (Å²) in [5.74, 6) is -0.548. The van der Waals surface area contributed by atoms with Crippen LogP contribution in [0.25, 0.3) is 0 Å². The van der Waals surface area contributed by atoms with Crippen LogP contribution in [0.3, 0.4) is 0 Å². The molecule has 0 aliphatic carbocycles. The first-order chi connectivity index (χ1) is 12.0. The van der Waals surface area contributed by atoms with Crippen molar-refractivity contribution in [1.82, 2.24) is 9.62 Å². The quantitative estimate of drug-likeness (QED) is 0.563. The van der Waals surface area contributed by atoms with E-state index in [1.807, 2.05) is 0 Å². The molecule has 1 aromatic carbocycles. The highest BCUT2D eigenvalue weighted by Crippen LogP contribution is 2.19. The molecule has 7 heteroatoms. The molecule has 0 amide bonds. The van der Waals surface area contributed by atoms with Crippen molar-refractivity contribution in [3.63, 3.8) is 0 Å². The lowest BCUT2D eigenvalue weighted by Crippen LogP contribution is -2.40. The first kappa shape index (κ1) is 19.9. The van der Waals surface area contributed by atoms with Crippen molar-refractivity contribution < 1.29 is 17.9 Å². The number of methoxy groups -OCH3 is 1. The van der Waals surface area contributed by atoms with Gasteiger partial charge in [-0.2, -0.15) is 0 Å². The van der Waals surface area contributed by atoms with Gasteiger partial charge in [0.1, 0.15) is 0 Å². The van der Waals surface area contributed by atoms with Crippen LogP contribution < -0.4 is 4.72 Å². The molecule has 25 heavy (non-hydrogen) atoms. The molecular formula is C18H28N2O4S. The average Bonchev–Trinajstić information content (AvgIpc) is 2.65. The molecule has 1 aliphatic heterocycles. The number of hydrogen-bond acceptors (Lipinski definition) is 5. The Hall–Kier alpha value is -1.44. The van der Waals surface area contributed by atoms with Crippen LogP contribution >= 0.6 is 0 Å².